The van der Waals surface area contributed by atoms with Gasteiger partial charge in [0.15, 0.2) is 0 Å². The number of nitrogen functional groups attached to an aromatic ring is 1. The molecule has 2 aromatic heterocycles. The van der Waals surface area contributed by atoms with Crippen LogP contribution in [0.4, 0.5) is 5.82 Å². The summed E-state index contributed by atoms with van der Waals surface area (Å²) in [7, 11) is -2.43. The first-order chi connectivity index (χ1) is 18.2. The van der Waals surface area contributed by atoms with Crippen LogP contribution in [0.25, 0.3) is 11.1 Å². The number of amides is 1. The van der Waals surface area contributed by atoms with Crippen molar-refractivity contribution in [2.75, 3.05) is 12.8 Å². The van der Waals surface area contributed by atoms with Gasteiger partial charge in [-0.05, 0) is 65.9 Å². The van der Waals surface area contributed by atoms with Crippen LogP contribution in [0.15, 0.2) is 90.2 Å². The first-order valence-corrected chi connectivity index (χ1v) is 13.9. The lowest BCUT2D eigenvalue weighted by Crippen LogP contribution is -2.47. The van der Waals surface area contributed by atoms with Gasteiger partial charge in [-0.2, -0.15) is 4.72 Å². The molecule has 8 nitrogen and oxygen atoms in total. The van der Waals surface area contributed by atoms with E-state index in [1.54, 1.807) is 61.4 Å². The Morgan fingerprint density at radius 1 is 1.05 bits per heavy atom. The van der Waals surface area contributed by atoms with Crippen LogP contribution in [-0.2, 0) is 27.9 Å². The highest BCUT2D eigenvalue weighted by atomic mass is 35.5. The lowest BCUT2D eigenvalue weighted by Gasteiger charge is -2.25. The zero-order valence-electron chi connectivity index (χ0n) is 21.2. The molecule has 0 radical (unpaired) electrons. The molecule has 0 bridgehead atoms. The van der Waals surface area contributed by atoms with E-state index in [0.29, 0.717) is 24.5 Å². The fourth-order valence-electron chi connectivity index (χ4n) is 4.30. The third-order valence-electron chi connectivity index (χ3n) is 6.31. The number of halogens is 1. The van der Waals surface area contributed by atoms with Crippen molar-refractivity contribution in [2.45, 2.75) is 37.4 Å². The van der Waals surface area contributed by atoms with E-state index < -0.39 is 16.1 Å². The monoisotopic (exact) mass is 551 g/mol. The molecule has 0 aliphatic heterocycles. The van der Waals surface area contributed by atoms with E-state index in [9.17, 15) is 13.2 Å². The van der Waals surface area contributed by atoms with E-state index in [4.69, 9.17) is 17.3 Å². The Labute approximate surface area is 228 Å². The lowest BCUT2D eigenvalue weighted by atomic mass is 10.0. The summed E-state index contributed by atoms with van der Waals surface area (Å²) in [5.74, 6) is 0.172. The topological polar surface area (TPSA) is 110 Å². The summed E-state index contributed by atoms with van der Waals surface area (Å²) in [6, 6.07) is 19.1. The molecule has 3 N–H and O–H groups in total. The van der Waals surface area contributed by atoms with Gasteiger partial charge >= 0.3 is 0 Å². The Bertz CT molecular complexity index is 1490. The number of rotatable bonds is 10. The van der Waals surface area contributed by atoms with Crippen LogP contribution in [-0.4, -0.2) is 41.9 Å². The predicted octanol–water partition coefficient (Wildman–Crippen LogP) is 4.49. The lowest BCUT2D eigenvalue weighted by molar-refractivity contribution is -0.132. The fraction of sp³-hybridized carbons (Fsp3) is 0.214. The van der Waals surface area contributed by atoms with Crippen molar-refractivity contribution in [2.24, 2.45) is 0 Å². The Balaban J connectivity index is 1.54. The zero-order valence-corrected chi connectivity index (χ0v) is 22.8. The highest BCUT2D eigenvalue weighted by molar-refractivity contribution is 7.89. The van der Waals surface area contributed by atoms with Crippen LogP contribution >= 0.6 is 11.6 Å². The Morgan fingerprint density at radius 2 is 1.74 bits per heavy atom. The van der Waals surface area contributed by atoms with Crippen molar-refractivity contribution in [1.82, 2.24) is 19.2 Å². The molecule has 1 atom stereocenters. The van der Waals surface area contributed by atoms with Gasteiger partial charge in [-0.3, -0.25) is 9.78 Å². The van der Waals surface area contributed by atoms with E-state index in [1.807, 2.05) is 36.4 Å². The molecule has 0 saturated heterocycles. The molecule has 1 amide bonds. The third-order valence-corrected chi connectivity index (χ3v) is 8.42. The Hall–Kier alpha value is -3.66. The predicted molar refractivity (Wildman–Crippen MR) is 150 cm³/mol. The molecule has 2 heterocycles. The molecule has 1 unspecified atom stereocenters. The molecule has 4 aromatic rings. The Kier molecular flexibility index (Phi) is 8.51. The van der Waals surface area contributed by atoms with Crippen LogP contribution < -0.4 is 10.5 Å². The minimum atomic E-state index is -4.08. The van der Waals surface area contributed by atoms with Gasteiger partial charge in [0.05, 0.1) is 5.02 Å². The van der Waals surface area contributed by atoms with E-state index in [-0.39, 0.29) is 22.2 Å². The number of nitrogens with one attached hydrogen (secondary N) is 1. The number of sulfonamides is 1. The summed E-state index contributed by atoms with van der Waals surface area (Å²) in [4.78, 5) is 19.1. The van der Waals surface area contributed by atoms with Gasteiger partial charge in [0.1, 0.15) is 16.8 Å². The maximum Gasteiger partial charge on any atom is 0.243 e. The fourth-order valence-corrected chi connectivity index (χ4v) is 6.35. The van der Waals surface area contributed by atoms with Crippen molar-refractivity contribution in [3.05, 3.63) is 101 Å². The van der Waals surface area contributed by atoms with Crippen LogP contribution in [0, 0.1) is 6.92 Å². The minimum absolute atomic E-state index is 0.0331. The number of aryl methyl sites for hydroxylation is 2. The average Bonchev–Trinajstić information content (AvgIpc) is 3.31. The van der Waals surface area contributed by atoms with Crippen LogP contribution in [0.2, 0.25) is 5.02 Å². The van der Waals surface area contributed by atoms with Crippen molar-refractivity contribution in [3.63, 3.8) is 0 Å². The van der Waals surface area contributed by atoms with Gasteiger partial charge in [0.25, 0.3) is 0 Å². The highest BCUT2D eigenvalue weighted by Gasteiger charge is 2.30. The van der Waals surface area contributed by atoms with Crippen molar-refractivity contribution >= 4 is 33.3 Å². The molecule has 198 valence electrons. The molecular formula is C28H30ClN5O3S. The normalized spacial score (nSPS) is 12.3. The average molecular weight is 552 g/mol. The number of anilines is 1. The third kappa shape index (κ3) is 6.42. The number of nitrogens with zero attached hydrogens (tertiary/aromatic N) is 3. The van der Waals surface area contributed by atoms with E-state index >= 15 is 0 Å². The van der Waals surface area contributed by atoms with Gasteiger partial charge in [-0.25, -0.2) is 8.42 Å². The molecule has 0 aliphatic carbocycles. The van der Waals surface area contributed by atoms with Crippen molar-refractivity contribution in [1.29, 1.82) is 0 Å². The first kappa shape index (κ1) is 27.4. The van der Waals surface area contributed by atoms with Gasteiger partial charge < -0.3 is 15.2 Å². The van der Waals surface area contributed by atoms with Crippen LogP contribution in [0.5, 0.6) is 0 Å². The second kappa shape index (κ2) is 11.8. The summed E-state index contributed by atoms with van der Waals surface area (Å²) in [5, 5.41) is 0.0981. The molecule has 0 spiro atoms. The van der Waals surface area contributed by atoms with Gasteiger partial charge in [0.2, 0.25) is 15.9 Å². The second-order valence-corrected chi connectivity index (χ2v) is 11.2. The molecule has 0 saturated carbocycles. The molecule has 0 aliphatic rings. The Morgan fingerprint density at radius 3 is 2.37 bits per heavy atom. The number of hydrogen-bond donors (Lipinski definition) is 2. The van der Waals surface area contributed by atoms with E-state index in [2.05, 4.69) is 9.71 Å². The SMILES string of the molecule is Cc1cccc(Cl)c1S(=O)(=O)NC(CCn1cccc1N)C(=O)N(C)Cc1ccc(-c2ccncc2)cc1. The summed E-state index contributed by atoms with van der Waals surface area (Å²) >= 11 is 6.24. The van der Waals surface area contributed by atoms with Gasteiger partial charge in [-0.15, -0.1) is 0 Å². The number of nitrogens with two attached hydrogens (primary N) is 1. The summed E-state index contributed by atoms with van der Waals surface area (Å²) in [5.41, 5.74) is 9.48. The summed E-state index contributed by atoms with van der Waals surface area (Å²) in [6.45, 7) is 2.33. The maximum atomic E-state index is 13.6. The summed E-state index contributed by atoms with van der Waals surface area (Å²) in [6.07, 6.45) is 5.47. The zero-order chi connectivity index (χ0) is 27.3. The number of likely N-dealkylation sites (N-methyl/N-ethyl adjacent to an activating group) is 1. The number of pyridine rings is 1. The maximum absolute atomic E-state index is 13.6. The largest absolute Gasteiger partial charge is 0.385 e. The molecule has 38 heavy (non-hydrogen) atoms. The summed E-state index contributed by atoms with van der Waals surface area (Å²) < 4.78 is 31.1. The highest BCUT2D eigenvalue weighted by Crippen LogP contribution is 2.25. The standard InChI is InChI=1S/C28H30ClN5O3S/c1-20-5-3-6-24(29)27(20)38(36,37)32-25(14-18-34-17-4-7-26(34)30)28(35)33(2)19-21-8-10-22(11-9-21)23-12-15-31-16-13-23/h3-13,15-17,25,32H,14,18-19,30H2,1-2H3. The first-order valence-electron chi connectivity index (χ1n) is 12.1. The van der Waals surface area contributed by atoms with Crippen LogP contribution in [0.1, 0.15) is 17.5 Å². The minimum Gasteiger partial charge on any atom is -0.385 e. The van der Waals surface area contributed by atoms with Gasteiger partial charge in [-0.1, -0.05) is 48.0 Å². The van der Waals surface area contributed by atoms with Crippen LogP contribution in [0.3, 0.4) is 0 Å². The van der Waals surface area contributed by atoms with Crippen molar-refractivity contribution < 1.29 is 13.2 Å². The molecular weight excluding hydrogens is 522 g/mol. The van der Waals surface area contributed by atoms with E-state index in [0.717, 1.165) is 16.7 Å². The molecule has 4 rings (SSSR count). The van der Waals surface area contributed by atoms with E-state index in [1.165, 1.54) is 11.0 Å². The molecule has 2 aromatic carbocycles. The number of carbonyl (C=O) groups is 1. The number of aromatic nitrogens is 2. The van der Waals surface area contributed by atoms with Crippen molar-refractivity contribution in [3.8, 4) is 11.1 Å². The number of hydrogen-bond acceptors (Lipinski definition) is 5. The van der Waals surface area contributed by atoms with Gasteiger partial charge in [0, 0.05) is 38.7 Å². The number of carbonyl (C=O) groups excluding carboxylic acids is 1. The quantitative estimate of drug-likeness (QED) is 0.302. The smallest absolute Gasteiger partial charge is 0.243 e. The molecule has 10 heteroatoms. The second-order valence-electron chi connectivity index (χ2n) is 9.10. The molecule has 0 fully saturated rings. The number of benzene rings is 2.